The number of hydrogen-bond acceptors (Lipinski definition) is 3. The van der Waals surface area contributed by atoms with Gasteiger partial charge in [0.2, 0.25) is 0 Å². The second-order valence-electron chi connectivity index (χ2n) is 5.01. The van der Waals surface area contributed by atoms with Crippen molar-refractivity contribution in [1.29, 1.82) is 0 Å². The standard InChI is InChI=1S/C16H15NO2S/c1-10-7-15(14(9-17-10)16(18)19)20-13-6-5-11-3-2-4-12(11)8-13/h5-9H,2-4H2,1H3,(H,18,19). The molecule has 4 heteroatoms. The molecule has 0 saturated heterocycles. The van der Waals surface area contributed by atoms with Gasteiger partial charge in [-0.2, -0.15) is 0 Å². The Morgan fingerprint density at radius 1 is 1.25 bits per heavy atom. The van der Waals surface area contributed by atoms with Crippen LogP contribution >= 0.6 is 11.8 Å². The number of aryl methyl sites for hydroxylation is 3. The van der Waals surface area contributed by atoms with Gasteiger partial charge in [-0.15, -0.1) is 0 Å². The maximum absolute atomic E-state index is 11.3. The molecule has 3 rings (SSSR count). The third-order valence-corrected chi connectivity index (χ3v) is 4.58. The monoisotopic (exact) mass is 285 g/mol. The average molecular weight is 285 g/mol. The minimum atomic E-state index is -0.929. The number of nitrogens with zero attached hydrogens (tertiary/aromatic N) is 1. The highest BCUT2D eigenvalue weighted by atomic mass is 32.2. The molecule has 3 nitrogen and oxygen atoms in total. The lowest BCUT2D eigenvalue weighted by atomic mass is 10.1. The van der Waals surface area contributed by atoms with E-state index in [1.165, 1.54) is 35.5 Å². The lowest BCUT2D eigenvalue weighted by Crippen LogP contribution is -2.00. The molecule has 0 aliphatic heterocycles. The fourth-order valence-corrected chi connectivity index (χ4v) is 3.59. The van der Waals surface area contributed by atoms with Crippen LogP contribution in [-0.4, -0.2) is 16.1 Å². The second kappa shape index (κ2) is 5.29. The van der Waals surface area contributed by atoms with Gasteiger partial charge in [-0.25, -0.2) is 4.79 Å². The average Bonchev–Trinajstić information content (AvgIpc) is 2.85. The second-order valence-corrected chi connectivity index (χ2v) is 6.13. The predicted octanol–water partition coefficient (Wildman–Crippen LogP) is 3.73. The van der Waals surface area contributed by atoms with Crippen LogP contribution in [0.4, 0.5) is 0 Å². The molecule has 0 fully saturated rings. The van der Waals surface area contributed by atoms with E-state index in [9.17, 15) is 9.90 Å². The van der Waals surface area contributed by atoms with Crippen molar-refractivity contribution in [2.45, 2.75) is 36.0 Å². The summed E-state index contributed by atoms with van der Waals surface area (Å²) in [6, 6.07) is 8.27. The maximum Gasteiger partial charge on any atom is 0.338 e. The number of benzene rings is 1. The van der Waals surface area contributed by atoms with Crippen molar-refractivity contribution in [3.05, 3.63) is 52.8 Å². The van der Waals surface area contributed by atoms with Gasteiger partial charge in [-0.05, 0) is 55.5 Å². The van der Waals surface area contributed by atoms with E-state index in [4.69, 9.17) is 0 Å². The number of pyridine rings is 1. The molecule has 20 heavy (non-hydrogen) atoms. The summed E-state index contributed by atoms with van der Waals surface area (Å²) in [4.78, 5) is 17.2. The number of carboxylic acid groups (broad SMARTS) is 1. The van der Waals surface area contributed by atoms with Crippen molar-refractivity contribution in [1.82, 2.24) is 4.98 Å². The first kappa shape index (κ1) is 13.2. The van der Waals surface area contributed by atoms with Crippen molar-refractivity contribution < 1.29 is 9.90 Å². The van der Waals surface area contributed by atoms with Gasteiger partial charge in [0.1, 0.15) is 0 Å². The summed E-state index contributed by atoms with van der Waals surface area (Å²) >= 11 is 1.50. The number of fused-ring (bicyclic) bond motifs is 1. The summed E-state index contributed by atoms with van der Waals surface area (Å²) in [6.07, 6.45) is 4.95. The van der Waals surface area contributed by atoms with Gasteiger partial charge in [-0.3, -0.25) is 4.98 Å². The minimum Gasteiger partial charge on any atom is -0.478 e. The summed E-state index contributed by atoms with van der Waals surface area (Å²) in [6.45, 7) is 1.87. The van der Waals surface area contributed by atoms with E-state index in [0.29, 0.717) is 0 Å². The molecular weight excluding hydrogens is 270 g/mol. The molecule has 1 aliphatic rings. The Morgan fingerprint density at radius 3 is 2.85 bits per heavy atom. The highest BCUT2D eigenvalue weighted by Gasteiger charge is 2.15. The van der Waals surface area contributed by atoms with Gasteiger partial charge in [0.05, 0.1) is 5.56 Å². The molecule has 2 aromatic rings. The van der Waals surface area contributed by atoms with Gasteiger partial charge in [-0.1, -0.05) is 17.8 Å². The van der Waals surface area contributed by atoms with Crippen LogP contribution in [0, 0.1) is 6.92 Å². The molecule has 0 radical (unpaired) electrons. The number of aromatic nitrogens is 1. The van der Waals surface area contributed by atoms with E-state index in [1.807, 2.05) is 13.0 Å². The van der Waals surface area contributed by atoms with Gasteiger partial charge < -0.3 is 5.11 Å². The predicted molar refractivity (Wildman–Crippen MR) is 78.5 cm³/mol. The number of rotatable bonds is 3. The molecule has 0 amide bonds. The first-order valence-electron chi connectivity index (χ1n) is 6.63. The molecule has 1 aromatic heterocycles. The molecule has 1 aliphatic carbocycles. The van der Waals surface area contributed by atoms with Crippen LogP contribution in [0.15, 0.2) is 40.3 Å². The Bertz CT molecular complexity index is 682. The molecule has 1 aromatic carbocycles. The lowest BCUT2D eigenvalue weighted by molar-refractivity contribution is 0.0692. The smallest absolute Gasteiger partial charge is 0.338 e. The quantitative estimate of drug-likeness (QED) is 0.933. The zero-order valence-corrected chi connectivity index (χ0v) is 12.0. The molecule has 0 spiro atoms. The SMILES string of the molecule is Cc1cc(Sc2ccc3c(c2)CCC3)c(C(=O)O)cn1. The Kier molecular flexibility index (Phi) is 3.49. The summed E-state index contributed by atoms with van der Waals surface area (Å²) in [5.41, 5.74) is 3.93. The van der Waals surface area contributed by atoms with Gasteiger partial charge in [0.15, 0.2) is 0 Å². The minimum absolute atomic E-state index is 0.265. The van der Waals surface area contributed by atoms with E-state index in [0.717, 1.165) is 28.3 Å². The van der Waals surface area contributed by atoms with Crippen molar-refractivity contribution in [2.75, 3.05) is 0 Å². The zero-order valence-electron chi connectivity index (χ0n) is 11.2. The zero-order chi connectivity index (χ0) is 14.1. The van der Waals surface area contributed by atoms with Gasteiger partial charge in [0.25, 0.3) is 0 Å². The molecule has 102 valence electrons. The number of aromatic carboxylic acids is 1. The van der Waals surface area contributed by atoms with Crippen LogP contribution in [0.25, 0.3) is 0 Å². The van der Waals surface area contributed by atoms with Crippen LogP contribution in [-0.2, 0) is 12.8 Å². The Morgan fingerprint density at radius 2 is 2.05 bits per heavy atom. The van der Waals surface area contributed by atoms with Crippen LogP contribution < -0.4 is 0 Å². The fourth-order valence-electron chi connectivity index (χ4n) is 2.52. The van der Waals surface area contributed by atoms with E-state index < -0.39 is 5.97 Å². The van der Waals surface area contributed by atoms with E-state index in [1.54, 1.807) is 0 Å². The summed E-state index contributed by atoms with van der Waals surface area (Å²) in [7, 11) is 0. The topological polar surface area (TPSA) is 50.2 Å². The Balaban J connectivity index is 1.95. The fraction of sp³-hybridized carbons (Fsp3) is 0.250. The number of carbonyl (C=O) groups is 1. The first-order valence-corrected chi connectivity index (χ1v) is 7.45. The van der Waals surface area contributed by atoms with Crippen molar-refractivity contribution >= 4 is 17.7 Å². The molecule has 0 bridgehead atoms. The summed E-state index contributed by atoms with van der Waals surface area (Å²) in [5, 5.41) is 9.24. The Hall–Kier alpha value is -1.81. The van der Waals surface area contributed by atoms with E-state index >= 15 is 0 Å². The lowest BCUT2D eigenvalue weighted by Gasteiger charge is -2.08. The van der Waals surface area contributed by atoms with Crippen molar-refractivity contribution in [3.8, 4) is 0 Å². The largest absolute Gasteiger partial charge is 0.478 e. The highest BCUT2D eigenvalue weighted by molar-refractivity contribution is 7.99. The normalized spacial score (nSPS) is 13.2. The first-order chi connectivity index (χ1) is 9.63. The van der Waals surface area contributed by atoms with Gasteiger partial charge in [0, 0.05) is 21.7 Å². The molecule has 1 heterocycles. The van der Waals surface area contributed by atoms with Crippen LogP contribution in [0.2, 0.25) is 0 Å². The molecular formula is C16H15NO2S. The molecule has 0 atom stereocenters. The third kappa shape index (κ3) is 2.56. The van der Waals surface area contributed by atoms with E-state index in [2.05, 4.69) is 23.2 Å². The maximum atomic E-state index is 11.3. The molecule has 0 saturated carbocycles. The van der Waals surface area contributed by atoms with Crippen LogP contribution in [0.1, 0.15) is 33.6 Å². The van der Waals surface area contributed by atoms with E-state index in [-0.39, 0.29) is 5.56 Å². The molecule has 0 unspecified atom stereocenters. The van der Waals surface area contributed by atoms with Crippen LogP contribution in [0.5, 0.6) is 0 Å². The van der Waals surface area contributed by atoms with Crippen LogP contribution in [0.3, 0.4) is 0 Å². The number of hydrogen-bond donors (Lipinski definition) is 1. The van der Waals surface area contributed by atoms with Crippen molar-refractivity contribution in [2.24, 2.45) is 0 Å². The van der Waals surface area contributed by atoms with Gasteiger partial charge >= 0.3 is 5.97 Å². The number of carboxylic acids is 1. The third-order valence-electron chi connectivity index (χ3n) is 3.53. The Labute approximate surface area is 122 Å². The summed E-state index contributed by atoms with van der Waals surface area (Å²) < 4.78 is 0. The van der Waals surface area contributed by atoms with Crippen molar-refractivity contribution in [3.63, 3.8) is 0 Å². The summed E-state index contributed by atoms with van der Waals surface area (Å²) in [5.74, 6) is -0.929. The molecule has 1 N–H and O–H groups in total. The highest BCUT2D eigenvalue weighted by Crippen LogP contribution is 2.34.